The predicted octanol–water partition coefficient (Wildman–Crippen LogP) is 4.49. The predicted molar refractivity (Wildman–Crippen MR) is 59.7 cm³/mol. The highest BCUT2D eigenvalue weighted by molar-refractivity contribution is 4.84. The molecule has 0 heteroatoms. The van der Waals surface area contributed by atoms with E-state index in [1.165, 1.54) is 32.1 Å². The van der Waals surface area contributed by atoms with Gasteiger partial charge in [0.2, 0.25) is 0 Å². The minimum Gasteiger partial charge on any atom is -0.0654 e. The Morgan fingerprint density at radius 3 is 2.15 bits per heavy atom. The van der Waals surface area contributed by atoms with Gasteiger partial charge in [0.25, 0.3) is 0 Å². The van der Waals surface area contributed by atoms with E-state index in [4.69, 9.17) is 0 Å². The van der Waals surface area contributed by atoms with E-state index in [2.05, 4.69) is 27.7 Å². The summed E-state index contributed by atoms with van der Waals surface area (Å²) < 4.78 is 0. The molecule has 0 saturated heterocycles. The van der Waals surface area contributed by atoms with Crippen LogP contribution in [0.1, 0.15) is 59.8 Å². The molecule has 0 bridgehead atoms. The van der Waals surface area contributed by atoms with Gasteiger partial charge in [-0.2, -0.15) is 0 Å². The number of hydrogen-bond acceptors (Lipinski definition) is 0. The summed E-state index contributed by atoms with van der Waals surface area (Å²) in [5.41, 5.74) is 0. The highest BCUT2D eigenvalue weighted by Gasteiger charge is 2.34. The van der Waals surface area contributed by atoms with Crippen LogP contribution in [-0.2, 0) is 0 Å². The van der Waals surface area contributed by atoms with E-state index in [0.29, 0.717) is 0 Å². The van der Waals surface area contributed by atoms with Gasteiger partial charge in [0.05, 0.1) is 0 Å². The average Bonchev–Trinajstić information content (AvgIpc) is 2.82. The van der Waals surface area contributed by atoms with E-state index in [1.54, 1.807) is 0 Å². The van der Waals surface area contributed by atoms with Gasteiger partial charge in [0.15, 0.2) is 0 Å². The summed E-state index contributed by atoms with van der Waals surface area (Å²) in [5.74, 6) is 4.01. The first kappa shape index (κ1) is 11.1. The molecule has 1 aliphatic carbocycles. The van der Waals surface area contributed by atoms with Gasteiger partial charge in [-0.1, -0.05) is 40.5 Å². The molecule has 0 spiro atoms. The van der Waals surface area contributed by atoms with Crippen LogP contribution < -0.4 is 0 Å². The zero-order valence-electron chi connectivity index (χ0n) is 9.84. The van der Waals surface area contributed by atoms with Crippen molar-refractivity contribution in [2.24, 2.45) is 23.7 Å². The van der Waals surface area contributed by atoms with Crippen molar-refractivity contribution in [1.82, 2.24) is 0 Å². The van der Waals surface area contributed by atoms with Crippen LogP contribution in [0.25, 0.3) is 0 Å². The molecule has 1 fully saturated rings. The molecule has 1 aliphatic rings. The molecule has 2 unspecified atom stereocenters. The molecule has 0 amide bonds. The average molecular weight is 182 g/mol. The lowest BCUT2D eigenvalue weighted by Crippen LogP contribution is -2.16. The molecule has 0 aromatic rings. The van der Waals surface area contributed by atoms with Gasteiger partial charge in [0, 0.05) is 0 Å². The van der Waals surface area contributed by atoms with Gasteiger partial charge in [-0.25, -0.2) is 0 Å². The van der Waals surface area contributed by atoms with Gasteiger partial charge in [-0.3, -0.25) is 0 Å². The Balaban J connectivity index is 2.36. The fourth-order valence-electron chi connectivity index (χ4n) is 2.63. The summed E-state index contributed by atoms with van der Waals surface area (Å²) in [6.07, 6.45) is 7.30. The molecular formula is C13H26. The van der Waals surface area contributed by atoms with E-state index >= 15 is 0 Å². The molecule has 13 heavy (non-hydrogen) atoms. The Morgan fingerprint density at radius 1 is 1.15 bits per heavy atom. The molecule has 78 valence electrons. The van der Waals surface area contributed by atoms with Gasteiger partial charge in [0.1, 0.15) is 0 Å². The molecule has 0 heterocycles. The second-order valence-corrected chi connectivity index (χ2v) is 5.40. The van der Waals surface area contributed by atoms with Crippen molar-refractivity contribution in [1.29, 1.82) is 0 Å². The van der Waals surface area contributed by atoms with Crippen LogP contribution >= 0.6 is 0 Å². The standard InChI is InChI=1S/C13H26/c1-5-6-11(4)13(9-10(2)3)12-7-8-12/h10-13H,5-9H2,1-4H3. The monoisotopic (exact) mass is 182 g/mol. The van der Waals surface area contributed by atoms with Crippen LogP contribution in [0.15, 0.2) is 0 Å². The van der Waals surface area contributed by atoms with Crippen LogP contribution in [0.2, 0.25) is 0 Å². The van der Waals surface area contributed by atoms with E-state index in [-0.39, 0.29) is 0 Å². The molecule has 1 saturated carbocycles. The third-order valence-corrected chi connectivity index (χ3v) is 3.45. The van der Waals surface area contributed by atoms with Gasteiger partial charge >= 0.3 is 0 Å². The molecule has 1 rings (SSSR count). The molecule has 2 atom stereocenters. The van der Waals surface area contributed by atoms with Crippen molar-refractivity contribution in [2.75, 3.05) is 0 Å². The molecule has 0 N–H and O–H groups in total. The first-order valence-corrected chi connectivity index (χ1v) is 6.15. The normalized spacial score (nSPS) is 21.9. The largest absolute Gasteiger partial charge is 0.0654 e. The van der Waals surface area contributed by atoms with Crippen molar-refractivity contribution in [3.63, 3.8) is 0 Å². The van der Waals surface area contributed by atoms with Gasteiger partial charge in [-0.05, 0) is 42.9 Å². The second kappa shape index (κ2) is 5.02. The zero-order valence-corrected chi connectivity index (χ0v) is 9.84. The quantitative estimate of drug-likeness (QED) is 0.567. The van der Waals surface area contributed by atoms with Crippen LogP contribution in [0.5, 0.6) is 0 Å². The van der Waals surface area contributed by atoms with Crippen molar-refractivity contribution >= 4 is 0 Å². The fourth-order valence-corrected chi connectivity index (χ4v) is 2.63. The van der Waals surface area contributed by atoms with Crippen molar-refractivity contribution in [2.45, 2.75) is 59.8 Å². The van der Waals surface area contributed by atoms with Crippen molar-refractivity contribution in [3.05, 3.63) is 0 Å². The lowest BCUT2D eigenvalue weighted by Gasteiger charge is -2.25. The fraction of sp³-hybridized carbons (Fsp3) is 1.00. The molecule has 0 nitrogen and oxygen atoms in total. The first-order chi connectivity index (χ1) is 6.15. The van der Waals surface area contributed by atoms with Gasteiger partial charge < -0.3 is 0 Å². The summed E-state index contributed by atoms with van der Waals surface area (Å²) >= 11 is 0. The van der Waals surface area contributed by atoms with Crippen LogP contribution in [-0.4, -0.2) is 0 Å². The Kier molecular flexibility index (Phi) is 4.28. The highest BCUT2D eigenvalue weighted by Crippen LogP contribution is 2.44. The van der Waals surface area contributed by atoms with E-state index in [9.17, 15) is 0 Å². The van der Waals surface area contributed by atoms with E-state index in [1.807, 2.05) is 0 Å². The Hall–Kier alpha value is 0. The van der Waals surface area contributed by atoms with Crippen LogP contribution in [0.4, 0.5) is 0 Å². The van der Waals surface area contributed by atoms with Crippen LogP contribution in [0.3, 0.4) is 0 Å². The lowest BCUT2D eigenvalue weighted by atomic mass is 9.81. The maximum Gasteiger partial charge on any atom is -0.0358 e. The zero-order chi connectivity index (χ0) is 9.84. The molecule has 0 aromatic carbocycles. The Morgan fingerprint density at radius 2 is 1.77 bits per heavy atom. The maximum absolute atomic E-state index is 2.47. The maximum atomic E-state index is 2.47. The highest BCUT2D eigenvalue weighted by atomic mass is 14.4. The minimum absolute atomic E-state index is 0.893. The smallest absolute Gasteiger partial charge is 0.0358 e. The topological polar surface area (TPSA) is 0 Å². The van der Waals surface area contributed by atoms with Crippen molar-refractivity contribution < 1.29 is 0 Å². The third-order valence-electron chi connectivity index (χ3n) is 3.45. The minimum atomic E-state index is 0.893. The van der Waals surface area contributed by atoms with Crippen LogP contribution in [0, 0.1) is 23.7 Å². The summed E-state index contributed by atoms with van der Waals surface area (Å²) in [7, 11) is 0. The summed E-state index contributed by atoms with van der Waals surface area (Å²) in [4.78, 5) is 0. The number of rotatable bonds is 6. The molecule has 0 radical (unpaired) electrons. The Bertz CT molecular complexity index is 133. The summed E-state index contributed by atoms with van der Waals surface area (Å²) in [6.45, 7) is 9.52. The summed E-state index contributed by atoms with van der Waals surface area (Å²) in [6, 6.07) is 0. The van der Waals surface area contributed by atoms with E-state index < -0.39 is 0 Å². The Labute approximate surface area is 84.1 Å². The molecule has 0 aliphatic heterocycles. The molecule has 0 aromatic heterocycles. The number of hydrogen-bond donors (Lipinski definition) is 0. The van der Waals surface area contributed by atoms with Gasteiger partial charge in [-0.15, -0.1) is 0 Å². The van der Waals surface area contributed by atoms with Crippen molar-refractivity contribution in [3.8, 4) is 0 Å². The second-order valence-electron chi connectivity index (χ2n) is 5.40. The first-order valence-electron chi connectivity index (χ1n) is 6.15. The third kappa shape index (κ3) is 3.70. The molecular weight excluding hydrogens is 156 g/mol. The van der Waals surface area contributed by atoms with E-state index in [0.717, 1.165) is 23.7 Å². The lowest BCUT2D eigenvalue weighted by molar-refractivity contribution is 0.252. The summed E-state index contributed by atoms with van der Waals surface area (Å²) in [5, 5.41) is 0. The SMILES string of the molecule is CCCC(C)C(CC(C)C)C1CC1.